The summed E-state index contributed by atoms with van der Waals surface area (Å²) in [6.07, 6.45) is 3.24. The van der Waals surface area contributed by atoms with E-state index in [-0.39, 0.29) is 11.5 Å². The first-order valence-electron chi connectivity index (χ1n) is 6.11. The molecule has 2 aromatic rings. The number of nitrogens with zero attached hydrogens (tertiary/aromatic N) is 2. The molecule has 4 nitrogen and oxygen atoms in total. The second kappa shape index (κ2) is 5.63. The van der Waals surface area contributed by atoms with Gasteiger partial charge >= 0.3 is 0 Å². The molecule has 1 heterocycles. The average Bonchev–Trinajstić information content (AvgIpc) is 2.64. The van der Waals surface area contributed by atoms with Crippen molar-refractivity contribution in [3.05, 3.63) is 51.3 Å². The SMILES string of the molecule is Cc1nn(C)c(C)c1C(=O)C=Cc1ccc(O)c(Br)c1. The van der Waals surface area contributed by atoms with E-state index in [9.17, 15) is 9.90 Å². The molecular formula is C15H15BrN2O2. The van der Waals surface area contributed by atoms with Crippen molar-refractivity contribution in [2.75, 3.05) is 0 Å². The minimum Gasteiger partial charge on any atom is -0.507 e. The summed E-state index contributed by atoms with van der Waals surface area (Å²) in [5.74, 6) is 0.102. The van der Waals surface area contributed by atoms with Crippen molar-refractivity contribution >= 4 is 27.8 Å². The van der Waals surface area contributed by atoms with Gasteiger partial charge in [0.05, 0.1) is 15.7 Å². The van der Waals surface area contributed by atoms with Gasteiger partial charge in [0, 0.05) is 12.7 Å². The van der Waals surface area contributed by atoms with Gasteiger partial charge in [0.2, 0.25) is 0 Å². The van der Waals surface area contributed by atoms with Crippen molar-refractivity contribution in [3.63, 3.8) is 0 Å². The number of hydrogen-bond donors (Lipinski definition) is 1. The van der Waals surface area contributed by atoms with E-state index in [4.69, 9.17) is 0 Å². The zero-order chi connectivity index (χ0) is 14.9. The molecular weight excluding hydrogens is 320 g/mol. The van der Waals surface area contributed by atoms with Gasteiger partial charge in [0.15, 0.2) is 5.78 Å². The Kier molecular flexibility index (Phi) is 4.09. The second-order valence-corrected chi connectivity index (χ2v) is 5.43. The minimum absolute atomic E-state index is 0.0719. The summed E-state index contributed by atoms with van der Waals surface area (Å²) in [7, 11) is 1.82. The Hall–Kier alpha value is -1.88. The smallest absolute Gasteiger partial charge is 0.189 e. The Labute approximate surface area is 125 Å². The van der Waals surface area contributed by atoms with Crippen LogP contribution in [0, 0.1) is 13.8 Å². The van der Waals surface area contributed by atoms with Crippen LogP contribution in [0.4, 0.5) is 0 Å². The summed E-state index contributed by atoms with van der Waals surface area (Å²) < 4.78 is 2.30. The highest BCUT2D eigenvalue weighted by Gasteiger charge is 2.14. The summed E-state index contributed by atoms with van der Waals surface area (Å²) >= 11 is 3.24. The molecule has 5 heteroatoms. The standard InChI is InChI=1S/C15H15BrN2O2/c1-9-15(10(2)18(3)17-9)14(20)7-5-11-4-6-13(19)12(16)8-11/h4-8,19H,1-3H3. The van der Waals surface area contributed by atoms with Crippen LogP contribution in [-0.4, -0.2) is 20.7 Å². The van der Waals surface area contributed by atoms with E-state index in [2.05, 4.69) is 21.0 Å². The molecule has 0 atom stereocenters. The van der Waals surface area contributed by atoms with Gasteiger partial charge in [-0.3, -0.25) is 9.48 Å². The molecule has 0 radical (unpaired) electrons. The Morgan fingerprint density at radius 2 is 2.10 bits per heavy atom. The van der Waals surface area contributed by atoms with Crippen LogP contribution in [0.1, 0.15) is 27.3 Å². The Bertz CT molecular complexity index is 702. The number of aromatic hydroxyl groups is 1. The molecule has 20 heavy (non-hydrogen) atoms. The van der Waals surface area contributed by atoms with E-state index in [0.29, 0.717) is 10.0 Å². The summed E-state index contributed by atoms with van der Waals surface area (Å²) in [6.45, 7) is 3.70. The molecule has 0 saturated heterocycles. The zero-order valence-electron chi connectivity index (χ0n) is 11.5. The molecule has 1 aromatic heterocycles. The number of aromatic nitrogens is 2. The molecule has 0 amide bonds. The number of halogens is 1. The number of benzene rings is 1. The first-order chi connectivity index (χ1) is 9.40. The monoisotopic (exact) mass is 334 g/mol. The lowest BCUT2D eigenvalue weighted by Gasteiger charge is -1.99. The molecule has 0 aliphatic rings. The normalized spacial score (nSPS) is 11.2. The van der Waals surface area contributed by atoms with Crippen LogP contribution in [0.3, 0.4) is 0 Å². The topological polar surface area (TPSA) is 55.1 Å². The van der Waals surface area contributed by atoms with E-state index in [0.717, 1.165) is 17.0 Å². The van der Waals surface area contributed by atoms with Crippen molar-refractivity contribution in [3.8, 4) is 5.75 Å². The van der Waals surface area contributed by atoms with E-state index in [1.165, 1.54) is 6.08 Å². The molecule has 0 bridgehead atoms. The van der Waals surface area contributed by atoms with E-state index >= 15 is 0 Å². The lowest BCUT2D eigenvalue weighted by Crippen LogP contribution is -1.99. The first kappa shape index (κ1) is 14.5. The fourth-order valence-electron chi connectivity index (χ4n) is 2.01. The molecule has 0 fully saturated rings. The van der Waals surface area contributed by atoms with Crippen LogP contribution in [-0.2, 0) is 7.05 Å². The first-order valence-corrected chi connectivity index (χ1v) is 6.90. The van der Waals surface area contributed by atoms with E-state index in [1.54, 1.807) is 29.0 Å². The Balaban J connectivity index is 2.27. The average molecular weight is 335 g/mol. The van der Waals surface area contributed by atoms with Crippen LogP contribution in [0.5, 0.6) is 5.75 Å². The fraction of sp³-hybridized carbons (Fsp3) is 0.200. The number of ketones is 1. The number of aryl methyl sites for hydroxylation is 2. The quantitative estimate of drug-likeness (QED) is 0.691. The molecule has 0 saturated carbocycles. The van der Waals surface area contributed by atoms with Crippen molar-refractivity contribution in [1.82, 2.24) is 9.78 Å². The highest BCUT2D eigenvalue weighted by atomic mass is 79.9. The van der Waals surface area contributed by atoms with Gasteiger partial charge in [-0.15, -0.1) is 0 Å². The summed E-state index contributed by atoms with van der Waals surface area (Å²) in [5, 5.41) is 13.7. The van der Waals surface area contributed by atoms with Gasteiger partial charge in [-0.05, 0) is 53.5 Å². The molecule has 0 spiro atoms. The number of phenolic OH excluding ortho intramolecular Hbond substituents is 1. The maximum Gasteiger partial charge on any atom is 0.189 e. The Morgan fingerprint density at radius 1 is 1.40 bits per heavy atom. The molecule has 0 aliphatic heterocycles. The number of phenols is 1. The largest absolute Gasteiger partial charge is 0.507 e. The molecule has 2 rings (SSSR count). The van der Waals surface area contributed by atoms with Gasteiger partial charge < -0.3 is 5.11 Å². The third-order valence-corrected chi connectivity index (χ3v) is 3.79. The van der Waals surface area contributed by atoms with Crippen LogP contribution in [0.25, 0.3) is 6.08 Å². The van der Waals surface area contributed by atoms with E-state index < -0.39 is 0 Å². The maximum absolute atomic E-state index is 12.2. The van der Waals surface area contributed by atoms with Gasteiger partial charge in [-0.1, -0.05) is 12.1 Å². The summed E-state index contributed by atoms with van der Waals surface area (Å²) in [4.78, 5) is 12.2. The van der Waals surface area contributed by atoms with Crippen molar-refractivity contribution in [2.45, 2.75) is 13.8 Å². The summed E-state index contributed by atoms with van der Waals surface area (Å²) in [6, 6.07) is 5.07. The number of carbonyl (C=O) groups excluding carboxylic acids is 1. The van der Waals surface area contributed by atoms with Crippen LogP contribution in [0.15, 0.2) is 28.7 Å². The molecule has 0 unspecified atom stereocenters. The zero-order valence-corrected chi connectivity index (χ0v) is 13.1. The van der Waals surface area contributed by atoms with Crippen molar-refractivity contribution < 1.29 is 9.90 Å². The van der Waals surface area contributed by atoms with Crippen molar-refractivity contribution in [2.24, 2.45) is 7.05 Å². The molecule has 1 N–H and O–H groups in total. The highest BCUT2D eigenvalue weighted by Crippen LogP contribution is 2.25. The lowest BCUT2D eigenvalue weighted by molar-refractivity contribution is 0.104. The van der Waals surface area contributed by atoms with Crippen LogP contribution in [0.2, 0.25) is 0 Å². The molecule has 1 aromatic carbocycles. The predicted octanol–water partition coefficient (Wildman–Crippen LogP) is 3.40. The van der Waals surface area contributed by atoms with Crippen LogP contribution >= 0.6 is 15.9 Å². The van der Waals surface area contributed by atoms with Gasteiger partial charge in [-0.25, -0.2) is 0 Å². The number of allylic oxidation sites excluding steroid dienone is 1. The lowest BCUT2D eigenvalue weighted by atomic mass is 10.1. The second-order valence-electron chi connectivity index (χ2n) is 4.58. The highest BCUT2D eigenvalue weighted by molar-refractivity contribution is 9.10. The molecule has 104 valence electrons. The van der Waals surface area contributed by atoms with Gasteiger partial charge in [-0.2, -0.15) is 5.10 Å². The van der Waals surface area contributed by atoms with Gasteiger partial charge in [0.1, 0.15) is 5.75 Å². The third-order valence-electron chi connectivity index (χ3n) is 3.15. The number of hydrogen-bond acceptors (Lipinski definition) is 3. The summed E-state index contributed by atoms with van der Waals surface area (Å²) in [5.41, 5.74) is 3.05. The molecule has 0 aliphatic carbocycles. The van der Waals surface area contributed by atoms with Crippen LogP contribution < -0.4 is 0 Å². The number of rotatable bonds is 3. The minimum atomic E-state index is -0.0719. The number of carbonyl (C=O) groups is 1. The third kappa shape index (κ3) is 2.82. The predicted molar refractivity (Wildman–Crippen MR) is 81.9 cm³/mol. The fourth-order valence-corrected chi connectivity index (χ4v) is 2.41. The van der Waals surface area contributed by atoms with Gasteiger partial charge in [0.25, 0.3) is 0 Å². The Morgan fingerprint density at radius 3 is 2.65 bits per heavy atom. The van der Waals surface area contributed by atoms with E-state index in [1.807, 2.05) is 20.9 Å². The van der Waals surface area contributed by atoms with Crippen molar-refractivity contribution in [1.29, 1.82) is 0 Å². The maximum atomic E-state index is 12.2.